The van der Waals surface area contributed by atoms with Gasteiger partial charge in [0.05, 0.1) is 18.7 Å². The molecule has 1 N–H and O–H groups in total. The van der Waals surface area contributed by atoms with Crippen LogP contribution in [-0.2, 0) is 4.79 Å². The van der Waals surface area contributed by atoms with E-state index < -0.39 is 11.5 Å². The molecule has 2 fully saturated rings. The zero-order chi connectivity index (χ0) is 20.4. The summed E-state index contributed by atoms with van der Waals surface area (Å²) < 4.78 is 5.34. The van der Waals surface area contributed by atoms with E-state index in [1.54, 1.807) is 7.11 Å². The number of nitrogens with one attached hydrogen (secondary N) is 1. The molecule has 0 bridgehead atoms. The number of piperazine rings is 1. The molecule has 0 unspecified atom stereocenters. The zero-order valence-corrected chi connectivity index (χ0v) is 17.2. The van der Waals surface area contributed by atoms with Crippen molar-refractivity contribution in [2.75, 3.05) is 38.2 Å². The summed E-state index contributed by atoms with van der Waals surface area (Å²) in [5.74, 6) is 1.26. The molecule has 4 rings (SSSR count). The quantitative estimate of drug-likeness (QED) is 0.832. The van der Waals surface area contributed by atoms with Gasteiger partial charge in [-0.3, -0.25) is 10.1 Å². The molecule has 154 valence electrons. The second-order valence-electron chi connectivity index (χ2n) is 8.45. The summed E-state index contributed by atoms with van der Waals surface area (Å²) in [4.78, 5) is 22.2. The summed E-state index contributed by atoms with van der Waals surface area (Å²) in [6.45, 7) is 5.47. The topological polar surface area (TPSA) is 81.0 Å². The van der Waals surface area contributed by atoms with Crippen LogP contribution in [0.3, 0.4) is 0 Å². The summed E-state index contributed by atoms with van der Waals surface area (Å²) in [6, 6.07) is 10.3. The predicted molar refractivity (Wildman–Crippen MR) is 112 cm³/mol. The van der Waals surface area contributed by atoms with Crippen LogP contribution in [0.2, 0.25) is 0 Å². The molecule has 29 heavy (non-hydrogen) atoms. The van der Waals surface area contributed by atoms with E-state index >= 15 is 0 Å². The van der Waals surface area contributed by atoms with Crippen LogP contribution < -0.4 is 15.0 Å². The van der Waals surface area contributed by atoms with E-state index in [1.165, 1.54) is 0 Å². The van der Waals surface area contributed by atoms with E-state index in [9.17, 15) is 10.1 Å². The number of guanidine groups is 1. The molecule has 1 aromatic carbocycles. The normalized spacial score (nSPS) is 29.8. The smallest absolute Gasteiger partial charge is 0.246 e. The summed E-state index contributed by atoms with van der Waals surface area (Å²) >= 11 is 0. The molecular weight excluding hydrogens is 366 g/mol. The first-order valence-electron chi connectivity index (χ1n) is 10.5. The van der Waals surface area contributed by atoms with Gasteiger partial charge in [0.15, 0.2) is 5.92 Å². The largest absolute Gasteiger partial charge is 0.497 e. The Morgan fingerprint density at radius 1 is 1.21 bits per heavy atom. The molecule has 1 atom stereocenters. The third-order valence-electron chi connectivity index (χ3n) is 6.63. The second-order valence-corrected chi connectivity index (χ2v) is 8.45. The maximum absolute atomic E-state index is 12.7. The van der Waals surface area contributed by atoms with Gasteiger partial charge in [0.25, 0.3) is 0 Å². The van der Waals surface area contributed by atoms with E-state index in [1.807, 2.05) is 18.2 Å². The molecule has 1 amide bonds. The van der Waals surface area contributed by atoms with Crippen LogP contribution in [0.1, 0.15) is 32.6 Å². The van der Waals surface area contributed by atoms with Crippen molar-refractivity contribution in [1.82, 2.24) is 10.2 Å². The molecule has 1 spiro atoms. The van der Waals surface area contributed by atoms with Crippen LogP contribution in [0.4, 0.5) is 5.69 Å². The van der Waals surface area contributed by atoms with E-state index in [0.717, 1.165) is 63.3 Å². The van der Waals surface area contributed by atoms with E-state index in [-0.39, 0.29) is 5.91 Å². The second kappa shape index (κ2) is 7.94. The first-order valence-corrected chi connectivity index (χ1v) is 10.5. The van der Waals surface area contributed by atoms with Crippen molar-refractivity contribution in [1.29, 1.82) is 5.26 Å². The van der Waals surface area contributed by atoms with Crippen molar-refractivity contribution < 1.29 is 9.53 Å². The molecule has 1 saturated heterocycles. The molecule has 1 aliphatic carbocycles. The van der Waals surface area contributed by atoms with Crippen molar-refractivity contribution in [2.24, 2.45) is 16.8 Å². The van der Waals surface area contributed by atoms with Gasteiger partial charge in [-0.25, -0.2) is 4.99 Å². The summed E-state index contributed by atoms with van der Waals surface area (Å²) in [7, 11) is 1.68. The molecular formula is C22H29N5O2. The number of ether oxygens (including phenoxy) is 1. The van der Waals surface area contributed by atoms with E-state index in [0.29, 0.717) is 11.9 Å². The number of hydrogen-bond acceptors (Lipinski definition) is 6. The minimum absolute atomic E-state index is 0.192. The van der Waals surface area contributed by atoms with Gasteiger partial charge in [-0.1, -0.05) is 13.0 Å². The van der Waals surface area contributed by atoms with E-state index in [2.05, 4.69) is 34.2 Å². The molecule has 3 aliphatic rings. The highest BCUT2D eigenvalue weighted by Gasteiger charge is 2.49. The van der Waals surface area contributed by atoms with Gasteiger partial charge in [0, 0.05) is 37.9 Å². The first-order chi connectivity index (χ1) is 14.0. The lowest BCUT2D eigenvalue weighted by Crippen LogP contribution is -2.60. The monoisotopic (exact) mass is 395 g/mol. The number of rotatable bonds is 2. The Balaban J connectivity index is 1.49. The number of amides is 1. The Morgan fingerprint density at radius 3 is 2.55 bits per heavy atom. The van der Waals surface area contributed by atoms with Crippen LogP contribution in [0.5, 0.6) is 5.75 Å². The number of anilines is 1. The summed E-state index contributed by atoms with van der Waals surface area (Å²) in [5, 5.41) is 12.6. The number of carbonyl (C=O) groups excluding carboxylic acids is 1. The van der Waals surface area contributed by atoms with Crippen molar-refractivity contribution in [3.63, 3.8) is 0 Å². The minimum atomic E-state index is -0.683. The van der Waals surface area contributed by atoms with Crippen LogP contribution in [0.25, 0.3) is 0 Å². The van der Waals surface area contributed by atoms with Crippen LogP contribution >= 0.6 is 0 Å². The lowest BCUT2D eigenvalue weighted by Gasteiger charge is -2.45. The number of aliphatic imine (C=N–C) groups is 1. The highest BCUT2D eigenvalue weighted by atomic mass is 16.5. The van der Waals surface area contributed by atoms with Crippen LogP contribution in [0.15, 0.2) is 29.3 Å². The average Bonchev–Trinajstić information content (AvgIpc) is 2.76. The Kier molecular flexibility index (Phi) is 5.35. The number of benzene rings is 1. The van der Waals surface area contributed by atoms with Crippen LogP contribution in [0, 0.1) is 23.2 Å². The fraction of sp³-hybridized carbons (Fsp3) is 0.591. The molecule has 1 saturated carbocycles. The molecule has 1 aromatic rings. The molecule has 2 heterocycles. The SMILES string of the molecule is COc1cccc(N2CCN(C3=NC4(CCC(C)CC4)[C@@H](C#N)C(=O)N3)CC2)c1. The van der Waals surface area contributed by atoms with Crippen LogP contribution in [-0.4, -0.2) is 55.6 Å². The number of methoxy groups -OCH3 is 1. The fourth-order valence-electron chi connectivity index (χ4n) is 4.70. The molecule has 7 nitrogen and oxygen atoms in total. The predicted octanol–water partition coefficient (Wildman–Crippen LogP) is 2.39. The lowest BCUT2D eigenvalue weighted by molar-refractivity contribution is -0.125. The summed E-state index contributed by atoms with van der Waals surface area (Å²) in [6.07, 6.45) is 3.66. The van der Waals surface area contributed by atoms with Gasteiger partial charge in [-0.15, -0.1) is 0 Å². The van der Waals surface area contributed by atoms with Gasteiger partial charge in [0.1, 0.15) is 5.75 Å². The van der Waals surface area contributed by atoms with Gasteiger partial charge in [-0.2, -0.15) is 5.26 Å². The molecule has 0 aromatic heterocycles. The summed E-state index contributed by atoms with van der Waals surface area (Å²) in [5.41, 5.74) is 0.587. The van der Waals surface area contributed by atoms with Gasteiger partial charge in [-0.05, 0) is 43.7 Å². The number of hydrogen-bond donors (Lipinski definition) is 1. The molecule has 2 aliphatic heterocycles. The lowest BCUT2D eigenvalue weighted by atomic mass is 9.70. The Labute approximate surface area is 172 Å². The van der Waals surface area contributed by atoms with Crippen molar-refractivity contribution in [3.05, 3.63) is 24.3 Å². The number of nitrogens with zero attached hydrogens (tertiary/aromatic N) is 4. The van der Waals surface area contributed by atoms with Gasteiger partial charge >= 0.3 is 0 Å². The molecule has 0 radical (unpaired) electrons. The third kappa shape index (κ3) is 3.76. The zero-order valence-electron chi connectivity index (χ0n) is 17.2. The Morgan fingerprint density at radius 2 is 1.90 bits per heavy atom. The fourth-order valence-corrected chi connectivity index (χ4v) is 4.70. The molecule has 7 heteroatoms. The van der Waals surface area contributed by atoms with Gasteiger partial charge in [0.2, 0.25) is 11.9 Å². The highest BCUT2D eigenvalue weighted by molar-refractivity contribution is 6.02. The number of nitriles is 1. The van der Waals surface area contributed by atoms with E-state index in [4.69, 9.17) is 9.73 Å². The average molecular weight is 396 g/mol. The Bertz CT molecular complexity index is 830. The highest BCUT2D eigenvalue weighted by Crippen LogP contribution is 2.42. The minimum Gasteiger partial charge on any atom is -0.497 e. The third-order valence-corrected chi connectivity index (χ3v) is 6.63. The van der Waals surface area contributed by atoms with Gasteiger partial charge < -0.3 is 14.5 Å². The standard InChI is InChI=1S/C22H29N5O2/c1-16-6-8-22(9-7-16)19(15-23)20(28)24-21(25-22)27-12-10-26(11-13-27)17-4-3-5-18(14-17)29-2/h3-5,14,16,19H,6-13H2,1-2H3,(H,24,25,28)/t16?,19-,22?/m0/s1. The maximum Gasteiger partial charge on any atom is 0.246 e. The maximum atomic E-state index is 12.7. The first kappa shape index (κ1) is 19.6. The van der Waals surface area contributed by atoms with Crippen molar-refractivity contribution in [2.45, 2.75) is 38.1 Å². The number of carbonyl (C=O) groups is 1. The van der Waals surface area contributed by atoms with Crippen molar-refractivity contribution in [3.8, 4) is 11.8 Å². The Hall–Kier alpha value is -2.75. The van der Waals surface area contributed by atoms with Crippen molar-refractivity contribution >= 4 is 17.6 Å².